The van der Waals surface area contributed by atoms with Gasteiger partial charge in [0, 0.05) is 36.8 Å². The first-order valence-corrected chi connectivity index (χ1v) is 13.0. The second-order valence-corrected chi connectivity index (χ2v) is 12.8. The first kappa shape index (κ1) is 19.6. The van der Waals surface area contributed by atoms with Crippen molar-refractivity contribution in [1.82, 2.24) is 14.7 Å². The maximum atomic E-state index is 3.00. The Balaban J connectivity index is 1.37. The van der Waals surface area contributed by atoms with Gasteiger partial charge in [0.25, 0.3) is 0 Å². The van der Waals surface area contributed by atoms with Gasteiger partial charge in [0.1, 0.15) is 0 Å². The van der Waals surface area contributed by atoms with E-state index < -0.39 is 0 Å². The molecule has 0 amide bonds. The lowest BCUT2D eigenvalue weighted by atomic mass is 9.48. The van der Waals surface area contributed by atoms with Gasteiger partial charge in [0.15, 0.2) is 0 Å². The number of nitrogens with zero attached hydrogens (tertiary/aromatic N) is 3. The molecular formula is C26H45N3. The maximum Gasteiger partial charge on any atom is 0.0367 e. The molecule has 3 saturated carbocycles. The van der Waals surface area contributed by atoms with E-state index in [0.29, 0.717) is 5.54 Å². The zero-order chi connectivity index (χ0) is 20.2. The van der Waals surface area contributed by atoms with Crippen LogP contribution in [0.3, 0.4) is 0 Å². The highest BCUT2D eigenvalue weighted by Crippen LogP contribution is 2.61. The van der Waals surface area contributed by atoms with Crippen LogP contribution in [0.2, 0.25) is 0 Å². The SMILES string of the molecule is CC1CC2(C3C4CC(C4C)C(C4C5CCC(CN4C)C5C)N3C)CCC1CN2C. The average Bonchev–Trinajstić information content (AvgIpc) is 2.93. The van der Waals surface area contributed by atoms with Crippen LogP contribution in [0, 0.1) is 47.3 Å². The summed E-state index contributed by atoms with van der Waals surface area (Å²) in [7, 11) is 7.51. The highest BCUT2D eigenvalue weighted by Gasteiger charge is 2.65. The van der Waals surface area contributed by atoms with Crippen LogP contribution >= 0.6 is 0 Å². The Morgan fingerprint density at radius 3 is 2.24 bits per heavy atom. The van der Waals surface area contributed by atoms with Crippen molar-refractivity contribution in [1.29, 1.82) is 0 Å². The molecule has 0 aromatic heterocycles. The fraction of sp³-hybridized carbons (Fsp3) is 1.00. The molecule has 0 N–H and O–H groups in total. The fourth-order valence-electron chi connectivity index (χ4n) is 10.3. The summed E-state index contributed by atoms with van der Waals surface area (Å²) in [6, 6.07) is 2.36. The maximum absolute atomic E-state index is 3.00. The minimum Gasteiger partial charge on any atom is -0.301 e. The van der Waals surface area contributed by atoms with Crippen molar-refractivity contribution in [2.24, 2.45) is 47.3 Å². The van der Waals surface area contributed by atoms with Crippen molar-refractivity contribution in [2.75, 3.05) is 34.2 Å². The molecule has 0 aromatic rings. The van der Waals surface area contributed by atoms with Gasteiger partial charge in [0.2, 0.25) is 0 Å². The summed E-state index contributed by atoms with van der Waals surface area (Å²) in [5.41, 5.74) is 0.447. The Morgan fingerprint density at radius 1 is 0.759 bits per heavy atom. The van der Waals surface area contributed by atoms with E-state index in [2.05, 4.69) is 56.6 Å². The van der Waals surface area contributed by atoms with Gasteiger partial charge in [-0.1, -0.05) is 20.8 Å². The van der Waals surface area contributed by atoms with E-state index in [0.717, 1.165) is 65.5 Å². The quantitative estimate of drug-likeness (QED) is 0.694. The van der Waals surface area contributed by atoms with Crippen molar-refractivity contribution in [3.63, 3.8) is 0 Å². The number of likely N-dealkylation sites (N-methyl/N-ethyl adjacent to an activating group) is 3. The van der Waals surface area contributed by atoms with Gasteiger partial charge in [-0.25, -0.2) is 0 Å². The zero-order valence-electron chi connectivity index (χ0n) is 19.8. The van der Waals surface area contributed by atoms with Crippen LogP contribution in [0.5, 0.6) is 0 Å². The van der Waals surface area contributed by atoms with Crippen molar-refractivity contribution >= 4 is 0 Å². The Labute approximate surface area is 179 Å². The molecule has 12 atom stereocenters. The second-order valence-electron chi connectivity index (χ2n) is 12.8. The smallest absolute Gasteiger partial charge is 0.0367 e. The predicted molar refractivity (Wildman–Crippen MR) is 120 cm³/mol. The summed E-state index contributed by atoms with van der Waals surface area (Å²) in [5.74, 6) is 7.55. The van der Waals surface area contributed by atoms with Gasteiger partial charge in [0.05, 0.1) is 0 Å². The van der Waals surface area contributed by atoms with Crippen LogP contribution in [-0.4, -0.2) is 72.6 Å². The summed E-state index contributed by atoms with van der Waals surface area (Å²) >= 11 is 0. The lowest BCUT2D eigenvalue weighted by molar-refractivity contribution is -0.210. The molecule has 5 saturated heterocycles. The van der Waals surface area contributed by atoms with Crippen molar-refractivity contribution in [2.45, 2.75) is 83.0 Å². The topological polar surface area (TPSA) is 9.72 Å². The van der Waals surface area contributed by atoms with E-state index in [4.69, 9.17) is 0 Å². The molecule has 0 spiro atoms. The molecular weight excluding hydrogens is 354 g/mol. The first-order valence-electron chi connectivity index (χ1n) is 13.0. The molecule has 5 heterocycles. The van der Waals surface area contributed by atoms with Crippen molar-refractivity contribution in [3.8, 4) is 0 Å². The van der Waals surface area contributed by atoms with Gasteiger partial charge >= 0.3 is 0 Å². The number of fused-ring (bicyclic) bond motifs is 7. The molecule has 8 rings (SSSR count). The zero-order valence-corrected chi connectivity index (χ0v) is 19.8. The summed E-state index contributed by atoms with van der Waals surface area (Å²) in [6.45, 7) is 10.5. The number of likely N-dealkylation sites (tertiary alicyclic amines) is 1. The van der Waals surface area contributed by atoms with Crippen LogP contribution < -0.4 is 0 Å². The van der Waals surface area contributed by atoms with Crippen LogP contribution in [0.4, 0.5) is 0 Å². The third-order valence-electron chi connectivity index (χ3n) is 12.0. The largest absolute Gasteiger partial charge is 0.301 e. The lowest BCUT2D eigenvalue weighted by Crippen LogP contribution is -2.79. The monoisotopic (exact) mass is 399 g/mol. The summed E-state index contributed by atoms with van der Waals surface area (Å²) in [6.07, 6.45) is 8.88. The highest BCUT2D eigenvalue weighted by atomic mass is 15.3. The minimum atomic E-state index is 0.447. The van der Waals surface area contributed by atoms with Crippen LogP contribution in [0.25, 0.3) is 0 Å². The van der Waals surface area contributed by atoms with Gasteiger partial charge < -0.3 is 4.90 Å². The molecule has 8 aliphatic rings. The van der Waals surface area contributed by atoms with Gasteiger partial charge in [-0.15, -0.1) is 0 Å². The van der Waals surface area contributed by atoms with Crippen molar-refractivity contribution in [3.05, 3.63) is 0 Å². The van der Waals surface area contributed by atoms with E-state index in [9.17, 15) is 0 Å². The molecule has 8 fully saturated rings. The average molecular weight is 400 g/mol. The van der Waals surface area contributed by atoms with Crippen LogP contribution in [0.1, 0.15) is 59.3 Å². The summed E-state index contributed by atoms with van der Waals surface area (Å²) in [4.78, 5) is 8.68. The van der Waals surface area contributed by atoms with Gasteiger partial charge in [-0.3, -0.25) is 9.80 Å². The third kappa shape index (κ3) is 2.42. The standard InChI is InChI=1S/C26H45N3/c1-15-12-26(10-9-18(15)14-28(26)5)25-22-11-21(17(22)3)24(29(25)6)23-20-8-7-19(16(20)2)13-27(23)4/h15-25H,7-14H2,1-6H3. The Morgan fingerprint density at radius 2 is 1.55 bits per heavy atom. The van der Waals surface area contributed by atoms with E-state index in [1.165, 1.54) is 51.6 Å². The van der Waals surface area contributed by atoms with E-state index in [1.54, 1.807) is 0 Å². The summed E-state index contributed by atoms with van der Waals surface area (Å²) in [5, 5.41) is 0. The molecule has 3 heteroatoms. The van der Waals surface area contributed by atoms with E-state index in [-0.39, 0.29) is 0 Å². The Hall–Kier alpha value is -0.120. The summed E-state index contributed by atoms with van der Waals surface area (Å²) < 4.78 is 0. The Kier molecular flexibility index (Phi) is 4.35. The fourth-order valence-corrected chi connectivity index (χ4v) is 10.3. The molecule has 3 nitrogen and oxygen atoms in total. The molecule has 0 radical (unpaired) electrons. The molecule has 29 heavy (non-hydrogen) atoms. The molecule has 164 valence electrons. The number of hydrogen-bond donors (Lipinski definition) is 0. The molecule has 0 aromatic carbocycles. The normalized spacial score (nSPS) is 60.4. The van der Waals surface area contributed by atoms with Crippen LogP contribution in [0.15, 0.2) is 0 Å². The molecule has 12 unspecified atom stereocenters. The molecule has 3 aliphatic carbocycles. The van der Waals surface area contributed by atoms with Gasteiger partial charge in [-0.2, -0.15) is 0 Å². The second kappa shape index (κ2) is 6.45. The Bertz CT molecular complexity index is 664. The van der Waals surface area contributed by atoms with Crippen molar-refractivity contribution < 1.29 is 0 Å². The van der Waals surface area contributed by atoms with E-state index in [1.807, 2.05) is 0 Å². The van der Waals surface area contributed by atoms with Crippen LogP contribution in [-0.2, 0) is 0 Å². The number of piperidine rings is 5. The highest BCUT2D eigenvalue weighted by molar-refractivity contribution is 5.20. The minimum absolute atomic E-state index is 0.447. The first-order chi connectivity index (χ1) is 13.8. The third-order valence-corrected chi connectivity index (χ3v) is 12.0. The molecule has 6 bridgehead atoms. The van der Waals surface area contributed by atoms with E-state index >= 15 is 0 Å². The van der Waals surface area contributed by atoms with Gasteiger partial charge in [-0.05, 0) is 107 Å². The lowest BCUT2D eigenvalue weighted by Gasteiger charge is -2.71. The number of rotatable bonds is 2. The molecule has 5 aliphatic heterocycles. The predicted octanol–water partition coefficient (Wildman–Crippen LogP) is 4.04. The number of hydrogen-bond acceptors (Lipinski definition) is 3.